The minimum Gasteiger partial charge on any atom is -0.497 e. The Balaban J connectivity index is 3.13. The first kappa shape index (κ1) is 15.4. The summed E-state index contributed by atoms with van der Waals surface area (Å²) in [5.74, 6) is 0.643. The molecule has 0 fully saturated rings. The molecule has 0 saturated carbocycles. The molecule has 1 atom stereocenters. The summed E-state index contributed by atoms with van der Waals surface area (Å²) in [6.07, 6.45) is 0.591. The molecule has 1 unspecified atom stereocenters. The summed E-state index contributed by atoms with van der Waals surface area (Å²) in [6.45, 7) is 6.33. The molecule has 106 valence electrons. The van der Waals surface area contributed by atoms with Gasteiger partial charge < -0.3 is 10.1 Å². The fourth-order valence-electron chi connectivity index (χ4n) is 2.09. The highest BCUT2D eigenvalue weighted by Gasteiger charge is 2.26. The van der Waals surface area contributed by atoms with Crippen molar-refractivity contribution in [3.8, 4) is 5.75 Å². The maximum absolute atomic E-state index is 11.1. The SMILES string of the molecule is CNC(Cc1cc(OC)ccc1[N+](=O)[O-])C(C)(C)C. The van der Waals surface area contributed by atoms with Crippen LogP contribution in [0.1, 0.15) is 26.3 Å². The number of nitrogens with one attached hydrogen (secondary N) is 1. The Morgan fingerprint density at radius 3 is 2.47 bits per heavy atom. The minimum atomic E-state index is -0.343. The topological polar surface area (TPSA) is 64.4 Å². The Morgan fingerprint density at radius 2 is 2.05 bits per heavy atom. The van der Waals surface area contributed by atoms with Crippen LogP contribution in [-0.2, 0) is 6.42 Å². The minimum absolute atomic E-state index is 0.0195. The summed E-state index contributed by atoms with van der Waals surface area (Å²) in [6, 6.07) is 5.02. The van der Waals surface area contributed by atoms with Gasteiger partial charge in [0.05, 0.1) is 12.0 Å². The molecule has 0 saturated heterocycles. The van der Waals surface area contributed by atoms with E-state index in [2.05, 4.69) is 26.1 Å². The van der Waals surface area contributed by atoms with E-state index in [1.54, 1.807) is 19.2 Å². The molecule has 1 aromatic rings. The molecule has 1 N–H and O–H groups in total. The second-order valence-corrected chi connectivity index (χ2v) is 5.66. The predicted molar refractivity (Wildman–Crippen MR) is 75.7 cm³/mol. The number of rotatable bonds is 5. The molecule has 0 aliphatic rings. The molecule has 0 aliphatic carbocycles. The van der Waals surface area contributed by atoms with Gasteiger partial charge in [-0.1, -0.05) is 20.8 Å². The highest BCUT2D eigenvalue weighted by Crippen LogP contribution is 2.29. The molecule has 1 rings (SSSR count). The summed E-state index contributed by atoms with van der Waals surface area (Å²) in [5, 5.41) is 14.3. The average Bonchev–Trinajstić information content (AvgIpc) is 2.33. The van der Waals surface area contributed by atoms with E-state index < -0.39 is 0 Å². The van der Waals surface area contributed by atoms with Gasteiger partial charge in [-0.2, -0.15) is 0 Å². The Hall–Kier alpha value is -1.62. The lowest BCUT2D eigenvalue weighted by molar-refractivity contribution is -0.385. The number of nitrogens with zero attached hydrogens (tertiary/aromatic N) is 1. The lowest BCUT2D eigenvalue weighted by Gasteiger charge is -2.30. The lowest BCUT2D eigenvalue weighted by Crippen LogP contribution is -2.39. The van der Waals surface area contributed by atoms with Crippen LogP contribution in [0.25, 0.3) is 0 Å². The van der Waals surface area contributed by atoms with Gasteiger partial charge >= 0.3 is 0 Å². The number of benzene rings is 1. The van der Waals surface area contributed by atoms with Gasteiger partial charge in [-0.25, -0.2) is 0 Å². The summed E-state index contributed by atoms with van der Waals surface area (Å²) in [5.41, 5.74) is 0.857. The quantitative estimate of drug-likeness (QED) is 0.657. The van der Waals surface area contributed by atoms with E-state index in [0.717, 1.165) is 0 Å². The number of nitro benzene ring substituents is 1. The van der Waals surface area contributed by atoms with E-state index in [-0.39, 0.29) is 22.1 Å². The second-order valence-electron chi connectivity index (χ2n) is 5.66. The van der Waals surface area contributed by atoms with Crippen LogP contribution in [0.4, 0.5) is 5.69 Å². The van der Waals surface area contributed by atoms with Crippen molar-refractivity contribution in [3.05, 3.63) is 33.9 Å². The zero-order chi connectivity index (χ0) is 14.6. The average molecular weight is 266 g/mol. The van der Waals surface area contributed by atoms with Gasteiger partial charge in [0, 0.05) is 17.7 Å². The Bertz CT molecular complexity index is 452. The maximum atomic E-state index is 11.1. The van der Waals surface area contributed by atoms with E-state index in [1.165, 1.54) is 6.07 Å². The predicted octanol–water partition coefficient (Wildman–Crippen LogP) is 2.78. The fourth-order valence-corrected chi connectivity index (χ4v) is 2.09. The molecule has 0 spiro atoms. The van der Waals surface area contributed by atoms with Crippen molar-refractivity contribution in [1.82, 2.24) is 5.32 Å². The molecule has 19 heavy (non-hydrogen) atoms. The molecule has 0 bridgehead atoms. The van der Waals surface area contributed by atoms with Crippen molar-refractivity contribution in [2.75, 3.05) is 14.2 Å². The molecular weight excluding hydrogens is 244 g/mol. The molecule has 5 nitrogen and oxygen atoms in total. The third kappa shape index (κ3) is 3.92. The van der Waals surface area contributed by atoms with E-state index in [9.17, 15) is 10.1 Å². The molecule has 1 aromatic carbocycles. The first-order valence-electron chi connectivity index (χ1n) is 6.28. The van der Waals surface area contributed by atoms with Crippen LogP contribution in [-0.4, -0.2) is 25.1 Å². The molecule has 5 heteroatoms. The van der Waals surface area contributed by atoms with Gasteiger partial charge in [-0.05, 0) is 31.0 Å². The molecule has 0 aromatic heterocycles. The van der Waals surface area contributed by atoms with Gasteiger partial charge in [0.15, 0.2) is 0 Å². The molecule has 0 aliphatic heterocycles. The third-order valence-electron chi connectivity index (χ3n) is 3.30. The summed E-state index contributed by atoms with van der Waals surface area (Å²) in [7, 11) is 3.44. The van der Waals surface area contributed by atoms with Gasteiger partial charge in [0.2, 0.25) is 0 Å². The number of nitro groups is 1. The molecule has 0 heterocycles. The van der Waals surface area contributed by atoms with Crippen LogP contribution < -0.4 is 10.1 Å². The summed E-state index contributed by atoms with van der Waals surface area (Å²) in [4.78, 5) is 10.7. The van der Waals surface area contributed by atoms with E-state index in [4.69, 9.17) is 4.74 Å². The van der Waals surface area contributed by atoms with Gasteiger partial charge in [-0.15, -0.1) is 0 Å². The van der Waals surface area contributed by atoms with Gasteiger partial charge in [-0.3, -0.25) is 10.1 Å². The van der Waals surface area contributed by atoms with Crippen molar-refractivity contribution in [3.63, 3.8) is 0 Å². The molecule has 0 amide bonds. The molecular formula is C14H22N2O3. The van der Waals surface area contributed by atoms with Crippen LogP contribution in [0.2, 0.25) is 0 Å². The Kier molecular flexibility index (Phi) is 4.89. The number of hydrogen-bond acceptors (Lipinski definition) is 4. The number of hydrogen-bond donors (Lipinski definition) is 1. The van der Waals surface area contributed by atoms with Crippen LogP contribution in [0.3, 0.4) is 0 Å². The monoisotopic (exact) mass is 266 g/mol. The largest absolute Gasteiger partial charge is 0.497 e. The lowest BCUT2D eigenvalue weighted by atomic mass is 9.83. The van der Waals surface area contributed by atoms with E-state index in [0.29, 0.717) is 17.7 Å². The highest BCUT2D eigenvalue weighted by molar-refractivity contribution is 5.45. The van der Waals surface area contributed by atoms with Crippen LogP contribution in [0.15, 0.2) is 18.2 Å². The smallest absolute Gasteiger partial charge is 0.272 e. The van der Waals surface area contributed by atoms with Crippen molar-refractivity contribution in [2.24, 2.45) is 5.41 Å². The normalized spacial score (nSPS) is 13.1. The number of likely N-dealkylation sites (N-methyl/N-ethyl adjacent to an activating group) is 1. The van der Waals surface area contributed by atoms with Gasteiger partial charge in [0.1, 0.15) is 5.75 Å². The van der Waals surface area contributed by atoms with Crippen molar-refractivity contribution in [1.29, 1.82) is 0 Å². The second kappa shape index (κ2) is 6.02. The Labute approximate surface area is 114 Å². The molecule has 0 radical (unpaired) electrons. The zero-order valence-corrected chi connectivity index (χ0v) is 12.2. The van der Waals surface area contributed by atoms with Crippen molar-refractivity contribution < 1.29 is 9.66 Å². The summed E-state index contributed by atoms with van der Waals surface area (Å²) >= 11 is 0. The fraction of sp³-hybridized carbons (Fsp3) is 0.571. The Morgan fingerprint density at radius 1 is 1.42 bits per heavy atom. The standard InChI is InChI=1S/C14H22N2O3/c1-14(2,3)13(15-4)9-10-8-11(19-5)6-7-12(10)16(17)18/h6-8,13,15H,9H2,1-5H3. The first-order chi connectivity index (χ1) is 8.79. The zero-order valence-electron chi connectivity index (χ0n) is 12.2. The third-order valence-corrected chi connectivity index (χ3v) is 3.30. The van der Waals surface area contributed by atoms with Crippen LogP contribution in [0, 0.1) is 15.5 Å². The summed E-state index contributed by atoms with van der Waals surface area (Å²) < 4.78 is 5.15. The van der Waals surface area contributed by atoms with Crippen LogP contribution >= 0.6 is 0 Å². The van der Waals surface area contributed by atoms with Crippen LogP contribution in [0.5, 0.6) is 5.75 Å². The first-order valence-corrected chi connectivity index (χ1v) is 6.28. The van der Waals surface area contributed by atoms with Crippen molar-refractivity contribution >= 4 is 5.69 Å². The highest BCUT2D eigenvalue weighted by atomic mass is 16.6. The maximum Gasteiger partial charge on any atom is 0.272 e. The van der Waals surface area contributed by atoms with Crippen molar-refractivity contribution in [2.45, 2.75) is 33.2 Å². The van der Waals surface area contributed by atoms with E-state index in [1.807, 2.05) is 7.05 Å². The van der Waals surface area contributed by atoms with Gasteiger partial charge in [0.25, 0.3) is 5.69 Å². The number of methoxy groups -OCH3 is 1. The number of ether oxygens (including phenoxy) is 1. The van der Waals surface area contributed by atoms with E-state index >= 15 is 0 Å².